The van der Waals surface area contributed by atoms with Crippen molar-refractivity contribution in [2.75, 3.05) is 0 Å². The number of benzene rings is 1. The SMILES string of the molecule is CC(C)c1cc(C(=O)O)c(O)c(C2CCCCC2)c1. The summed E-state index contributed by atoms with van der Waals surface area (Å²) in [4.78, 5) is 11.3. The van der Waals surface area contributed by atoms with Crippen LogP contribution in [-0.4, -0.2) is 16.2 Å². The largest absolute Gasteiger partial charge is 0.507 e. The second-order valence-electron chi connectivity index (χ2n) is 5.80. The summed E-state index contributed by atoms with van der Waals surface area (Å²) in [7, 11) is 0. The van der Waals surface area contributed by atoms with Gasteiger partial charge in [0.1, 0.15) is 11.3 Å². The van der Waals surface area contributed by atoms with Crippen LogP contribution in [0.25, 0.3) is 0 Å². The number of aromatic hydroxyl groups is 1. The molecule has 19 heavy (non-hydrogen) atoms. The fourth-order valence-electron chi connectivity index (χ4n) is 2.90. The molecule has 3 heteroatoms. The van der Waals surface area contributed by atoms with E-state index in [9.17, 15) is 15.0 Å². The van der Waals surface area contributed by atoms with Gasteiger partial charge in [-0.25, -0.2) is 4.79 Å². The minimum atomic E-state index is -1.04. The van der Waals surface area contributed by atoms with Crippen LogP contribution in [0, 0.1) is 0 Å². The van der Waals surface area contributed by atoms with Crippen molar-refractivity contribution in [3.8, 4) is 5.75 Å². The Morgan fingerprint density at radius 3 is 2.37 bits per heavy atom. The quantitative estimate of drug-likeness (QED) is 0.855. The first kappa shape index (κ1) is 13.9. The Kier molecular flexibility index (Phi) is 4.13. The number of rotatable bonds is 3. The molecular weight excluding hydrogens is 240 g/mol. The van der Waals surface area contributed by atoms with E-state index in [1.807, 2.05) is 19.9 Å². The van der Waals surface area contributed by atoms with E-state index in [1.54, 1.807) is 6.07 Å². The standard InChI is InChI=1S/C16H22O3/c1-10(2)12-8-13(11-6-4-3-5-7-11)15(17)14(9-12)16(18)19/h8-11,17H,3-7H2,1-2H3,(H,18,19). The molecule has 0 unspecified atom stereocenters. The molecule has 1 aliphatic carbocycles. The maximum Gasteiger partial charge on any atom is 0.339 e. The van der Waals surface area contributed by atoms with Crippen molar-refractivity contribution in [3.63, 3.8) is 0 Å². The molecule has 2 N–H and O–H groups in total. The summed E-state index contributed by atoms with van der Waals surface area (Å²) in [5.41, 5.74) is 1.88. The fourth-order valence-corrected chi connectivity index (χ4v) is 2.90. The molecule has 1 saturated carbocycles. The van der Waals surface area contributed by atoms with Crippen molar-refractivity contribution in [3.05, 3.63) is 28.8 Å². The maximum atomic E-state index is 11.3. The molecule has 3 nitrogen and oxygen atoms in total. The van der Waals surface area contributed by atoms with E-state index in [4.69, 9.17) is 0 Å². The van der Waals surface area contributed by atoms with Crippen LogP contribution in [0.3, 0.4) is 0 Å². The first-order valence-electron chi connectivity index (χ1n) is 7.10. The van der Waals surface area contributed by atoms with Gasteiger partial charge in [0.15, 0.2) is 0 Å². The molecule has 1 fully saturated rings. The van der Waals surface area contributed by atoms with Crippen LogP contribution in [0.5, 0.6) is 5.75 Å². The average Bonchev–Trinajstić information content (AvgIpc) is 2.39. The van der Waals surface area contributed by atoms with Gasteiger partial charge < -0.3 is 10.2 Å². The van der Waals surface area contributed by atoms with Crippen LogP contribution in [0.15, 0.2) is 12.1 Å². The van der Waals surface area contributed by atoms with E-state index in [2.05, 4.69) is 0 Å². The first-order valence-corrected chi connectivity index (χ1v) is 7.10. The van der Waals surface area contributed by atoms with Gasteiger partial charge in [0.2, 0.25) is 0 Å². The Balaban J connectivity index is 2.48. The molecule has 0 aliphatic heterocycles. The Bertz CT molecular complexity index is 471. The van der Waals surface area contributed by atoms with Crippen LogP contribution >= 0.6 is 0 Å². The summed E-state index contributed by atoms with van der Waals surface area (Å²) in [6.45, 7) is 4.09. The second-order valence-corrected chi connectivity index (χ2v) is 5.80. The highest BCUT2D eigenvalue weighted by atomic mass is 16.4. The number of carboxylic acid groups (broad SMARTS) is 1. The molecule has 0 amide bonds. The van der Waals surface area contributed by atoms with Gasteiger partial charge >= 0.3 is 5.97 Å². The molecule has 0 saturated heterocycles. The van der Waals surface area contributed by atoms with E-state index in [0.29, 0.717) is 5.92 Å². The fraction of sp³-hybridized carbons (Fsp3) is 0.562. The summed E-state index contributed by atoms with van der Waals surface area (Å²) in [6.07, 6.45) is 5.67. The van der Waals surface area contributed by atoms with E-state index in [0.717, 1.165) is 24.0 Å². The van der Waals surface area contributed by atoms with Gasteiger partial charge in [0, 0.05) is 0 Å². The first-order chi connectivity index (χ1) is 9.00. The lowest BCUT2D eigenvalue weighted by Gasteiger charge is -2.24. The normalized spacial score (nSPS) is 16.8. The number of aromatic carboxylic acids is 1. The zero-order chi connectivity index (χ0) is 14.0. The van der Waals surface area contributed by atoms with Crippen molar-refractivity contribution >= 4 is 5.97 Å². The van der Waals surface area contributed by atoms with Gasteiger partial charge in [-0.05, 0) is 41.9 Å². The third kappa shape index (κ3) is 2.91. The van der Waals surface area contributed by atoms with Crippen LogP contribution in [0.1, 0.15) is 79.3 Å². The van der Waals surface area contributed by atoms with Crippen molar-refractivity contribution in [2.45, 2.75) is 57.8 Å². The van der Waals surface area contributed by atoms with Gasteiger partial charge in [-0.15, -0.1) is 0 Å². The smallest absolute Gasteiger partial charge is 0.339 e. The lowest BCUT2D eigenvalue weighted by atomic mass is 9.81. The average molecular weight is 262 g/mol. The molecule has 0 spiro atoms. The molecule has 0 bridgehead atoms. The number of hydrogen-bond acceptors (Lipinski definition) is 2. The molecule has 1 aliphatic rings. The predicted molar refractivity (Wildman–Crippen MR) is 75.0 cm³/mol. The number of hydrogen-bond donors (Lipinski definition) is 2. The van der Waals surface area contributed by atoms with Crippen LogP contribution < -0.4 is 0 Å². The number of carbonyl (C=O) groups is 1. The molecule has 0 aromatic heterocycles. The lowest BCUT2D eigenvalue weighted by Crippen LogP contribution is -2.09. The zero-order valence-electron chi connectivity index (χ0n) is 11.6. The summed E-state index contributed by atoms with van der Waals surface area (Å²) < 4.78 is 0. The van der Waals surface area contributed by atoms with E-state index < -0.39 is 5.97 Å². The van der Waals surface area contributed by atoms with Gasteiger partial charge in [0.05, 0.1) is 0 Å². The predicted octanol–water partition coefficient (Wildman–Crippen LogP) is 4.26. The molecule has 104 valence electrons. The Hall–Kier alpha value is -1.51. The van der Waals surface area contributed by atoms with Crippen LogP contribution in [-0.2, 0) is 0 Å². The van der Waals surface area contributed by atoms with Crippen molar-refractivity contribution in [1.82, 2.24) is 0 Å². The van der Waals surface area contributed by atoms with E-state index in [-0.39, 0.29) is 17.2 Å². The topological polar surface area (TPSA) is 57.5 Å². The summed E-state index contributed by atoms with van der Waals surface area (Å²) in [5, 5.41) is 19.5. The summed E-state index contributed by atoms with van der Waals surface area (Å²) in [6, 6.07) is 3.61. The molecular formula is C16H22O3. The minimum absolute atomic E-state index is 0.0243. The Labute approximate surface area is 114 Å². The highest BCUT2D eigenvalue weighted by Crippen LogP contribution is 2.40. The van der Waals surface area contributed by atoms with Gasteiger partial charge in [-0.3, -0.25) is 0 Å². The van der Waals surface area contributed by atoms with Crippen molar-refractivity contribution < 1.29 is 15.0 Å². The highest BCUT2D eigenvalue weighted by molar-refractivity contribution is 5.91. The Morgan fingerprint density at radius 2 is 1.84 bits per heavy atom. The molecule has 0 atom stereocenters. The molecule has 1 aromatic carbocycles. The van der Waals surface area contributed by atoms with E-state index in [1.165, 1.54) is 19.3 Å². The van der Waals surface area contributed by atoms with Gasteiger partial charge in [0.25, 0.3) is 0 Å². The number of phenols is 1. The third-order valence-corrected chi connectivity index (χ3v) is 4.10. The van der Waals surface area contributed by atoms with Crippen LogP contribution in [0.4, 0.5) is 0 Å². The van der Waals surface area contributed by atoms with Gasteiger partial charge in [-0.1, -0.05) is 39.2 Å². The lowest BCUT2D eigenvalue weighted by molar-refractivity contribution is 0.0693. The molecule has 1 aromatic rings. The monoisotopic (exact) mass is 262 g/mol. The number of carboxylic acids is 1. The molecule has 2 rings (SSSR count). The highest BCUT2D eigenvalue weighted by Gasteiger charge is 2.23. The van der Waals surface area contributed by atoms with Gasteiger partial charge in [-0.2, -0.15) is 0 Å². The minimum Gasteiger partial charge on any atom is -0.507 e. The third-order valence-electron chi connectivity index (χ3n) is 4.10. The van der Waals surface area contributed by atoms with Crippen molar-refractivity contribution in [1.29, 1.82) is 0 Å². The summed E-state index contributed by atoms with van der Waals surface area (Å²) in [5.74, 6) is -0.493. The maximum absolute atomic E-state index is 11.3. The molecule has 0 radical (unpaired) electrons. The Morgan fingerprint density at radius 1 is 1.21 bits per heavy atom. The second kappa shape index (κ2) is 5.64. The van der Waals surface area contributed by atoms with Crippen LogP contribution in [0.2, 0.25) is 0 Å². The van der Waals surface area contributed by atoms with E-state index >= 15 is 0 Å². The summed E-state index contributed by atoms with van der Waals surface area (Å²) >= 11 is 0. The zero-order valence-corrected chi connectivity index (χ0v) is 11.6. The molecule has 0 heterocycles. The van der Waals surface area contributed by atoms with Crippen molar-refractivity contribution in [2.24, 2.45) is 0 Å².